The summed E-state index contributed by atoms with van der Waals surface area (Å²) in [6.07, 6.45) is 0. The van der Waals surface area contributed by atoms with Gasteiger partial charge in [0, 0.05) is 11.3 Å². The summed E-state index contributed by atoms with van der Waals surface area (Å²) < 4.78 is 4.77. The molecule has 86 valence electrons. The standard InChI is InChI=1S/C11H15N3O2/c1-2-16-10(15)7-14-9-5-3-8(4-6-9)11(12)13/h3-6,14H,2,7H2,1H3,(H3,12,13). The quantitative estimate of drug-likeness (QED) is 0.392. The highest BCUT2D eigenvalue weighted by Gasteiger charge is 2.01. The van der Waals surface area contributed by atoms with Gasteiger partial charge in [-0.1, -0.05) is 0 Å². The van der Waals surface area contributed by atoms with Crippen LogP contribution in [-0.2, 0) is 9.53 Å². The Kier molecular flexibility index (Phi) is 4.32. The molecule has 0 aliphatic rings. The van der Waals surface area contributed by atoms with Crippen molar-refractivity contribution in [3.8, 4) is 0 Å². The highest BCUT2D eigenvalue weighted by atomic mass is 16.5. The second kappa shape index (κ2) is 5.75. The fourth-order valence-electron chi connectivity index (χ4n) is 1.15. The molecule has 4 N–H and O–H groups in total. The minimum absolute atomic E-state index is 0.0249. The van der Waals surface area contributed by atoms with E-state index in [0.717, 1.165) is 5.69 Å². The van der Waals surface area contributed by atoms with Crippen molar-refractivity contribution in [2.24, 2.45) is 5.73 Å². The molecule has 0 amide bonds. The van der Waals surface area contributed by atoms with Crippen molar-refractivity contribution in [2.75, 3.05) is 18.5 Å². The molecule has 0 aromatic heterocycles. The Morgan fingerprint density at radius 1 is 1.44 bits per heavy atom. The van der Waals surface area contributed by atoms with Gasteiger partial charge >= 0.3 is 5.97 Å². The molecular formula is C11H15N3O2. The van der Waals surface area contributed by atoms with E-state index in [1.54, 1.807) is 31.2 Å². The smallest absolute Gasteiger partial charge is 0.325 e. The average molecular weight is 221 g/mol. The van der Waals surface area contributed by atoms with Crippen molar-refractivity contribution in [3.63, 3.8) is 0 Å². The van der Waals surface area contributed by atoms with E-state index < -0.39 is 0 Å². The van der Waals surface area contributed by atoms with Gasteiger partial charge in [-0.15, -0.1) is 0 Å². The third kappa shape index (κ3) is 3.61. The van der Waals surface area contributed by atoms with Crippen LogP contribution in [0.2, 0.25) is 0 Å². The monoisotopic (exact) mass is 221 g/mol. The zero-order valence-corrected chi connectivity index (χ0v) is 9.12. The van der Waals surface area contributed by atoms with Crippen LogP contribution in [0.1, 0.15) is 12.5 Å². The molecule has 1 rings (SSSR count). The van der Waals surface area contributed by atoms with Crippen LogP contribution in [-0.4, -0.2) is 25.0 Å². The Balaban J connectivity index is 2.49. The highest BCUT2D eigenvalue weighted by molar-refractivity contribution is 5.95. The molecule has 0 bridgehead atoms. The number of hydrogen-bond donors (Lipinski definition) is 3. The first-order valence-electron chi connectivity index (χ1n) is 4.97. The van der Waals surface area contributed by atoms with Crippen LogP contribution in [0.5, 0.6) is 0 Å². The maximum atomic E-state index is 11.1. The summed E-state index contributed by atoms with van der Waals surface area (Å²) in [6, 6.07) is 6.96. The molecule has 0 aliphatic carbocycles. The molecule has 0 atom stereocenters. The summed E-state index contributed by atoms with van der Waals surface area (Å²) in [5.41, 5.74) is 6.76. The summed E-state index contributed by atoms with van der Waals surface area (Å²) in [7, 11) is 0. The molecule has 0 fully saturated rings. The Hall–Kier alpha value is -2.04. The number of amidine groups is 1. The van der Waals surface area contributed by atoms with Crippen molar-refractivity contribution in [1.82, 2.24) is 0 Å². The van der Waals surface area contributed by atoms with Crippen LogP contribution >= 0.6 is 0 Å². The molecule has 1 aromatic rings. The Labute approximate surface area is 94.1 Å². The molecule has 0 saturated heterocycles. The van der Waals surface area contributed by atoms with E-state index in [1.807, 2.05) is 0 Å². The summed E-state index contributed by atoms with van der Waals surface area (Å²) in [4.78, 5) is 11.1. The molecule has 0 aliphatic heterocycles. The van der Waals surface area contributed by atoms with Gasteiger partial charge in [-0.25, -0.2) is 0 Å². The first kappa shape index (κ1) is 12.0. The fourth-order valence-corrected chi connectivity index (χ4v) is 1.15. The number of nitrogen functional groups attached to an aromatic ring is 1. The largest absolute Gasteiger partial charge is 0.465 e. The van der Waals surface area contributed by atoms with Crippen LogP contribution in [0, 0.1) is 5.41 Å². The lowest BCUT2D eigenvalue weighted by Crippen LogP contribution is -2.17. The summed E-state index contributed by atoms with van der Waals surface area (Å²) in [5, 5.41) is 10.1. The van der Waals surface area contributed by atoms with Gasteiger partial charge in [0.05, 0.1) is 6.61 Å². The van der Waals surface area contributed by atoms with Crippen molar-refractivity contribution in [2.45, 2.75) is 6.92 Å². The lowest BCUT2D eigenvalue weighted by Gasteiger charge is -2.06. The second-order valence-corrected chi connectivity index (χ2v) is 3.15. The van der Waals surface area contributed by atoms with Crippen LogP contribution in [0.25, 0.3) is 0 Å². The van der Waals surface area contributed by atoms with E-state index >= 15 is 0 Å². The first-order chi connectivity index (χ1) is 7.63. The molecule has 0 spiro atoms. The highest BCUT2D eigenvalue weighted by Crippen LogP contribution is 2.08. The van der Waals surface area contributed by atoms with Gasteiger partial charge < -0.3 is 15.8 Å². The predicted octanol–water partition coefficient (Wildman–Crippen LogP) is 0.946. The van der Waals surface area contributed by atoms with Gasteiger partial charge in [0.25, 0.3) is 0 Å². The number of esters is 1. The Bertz CT molecular complexity index is 373. The predicted molar refractivity (Wildman–Crippen MR) is 62.6 cm³/mol. The number of nitrogens with two attached hydrogens (primary N) is 1. The second-order valence-electron chi connectivity index (χ2n) is 3.15. The van der Waals surface area contributed by atoms with Crippen molar-refractivity contribution >= 4 is 17.5 Å². The van der Waals surface area contributed by atoms with Crippen molar-refractivity contribution in [3.05, 3.63) is 29.8 Å². The Morgan fingerprint density at radius 3 is 2.56 bits per heavy atom. The number of rotatable bonds is 5. The van der Waals surface area contributed by atoms with Crippen LogP contribution in [0.3, 0.4) is 0 Å². The summed E-state index contributed by atoms with van der Waals surface area (Å²) in [6.45, 7) is 2.27. The molecule has 1 aromatic carbocycles. The van der Waals surface area contributed by atoms with E-state index in [9.17, 15) is 4.79 Å². The first-order valence-corrected chi connectivity index (χ1v) is 4.97. The van der Waals surface area contributed by atoms with Gasteiger partial charge in [0.2, 0.25) is 0 Å². The van der Waals surface area contributed by atoms with Gasteiger partial charge in [0.15, 0.2) is 0 Å². The van der Waals surface area contributed by atoms with Gasteiger partial charge in [-0.05, 0) is 31.2 Å². The van der Waals surface area contributed by atoms with Gasteiger partial charge in [-0.3, -0.25) is 10.2 Å². The molecule has 0 saturated carbocycles. The molecule has 0 radical (unpaired) electrons. The summed E-state index contributed by atoms with van der Waals surface area (Å²) >= 11 is 0. The van der Waals surface area contributed by atoms with E-state index in [0.29, 0.717) is 12.2 Å². The van der Waals surface area contributed by atoms with Crippen LogP contribution in [0.4, 0.5) is 5.69 Å². The molecule has 16 heavy (non-hydrogen) atoms. The molecule has 0 heterocycles. The van der Waals surface area contributed by atoms with Gasteiger partial charge in [-0.2, -0.15) is 0 Å². The Morgan fingerprint density at radius 2 is 2.06 bits per heavy atom. The lowest BCUT2D eigenvalue weighted by molar-refractivity contribution is -0.140. The summed E-state index contributed by atoms with van der Waals surface area (Å²) in [5.74, 6) is -0.268. The number of benzene rings is 1. The van der Waals surface area contributed by atoms with E-state index in [-0.39, 0.29) is 18.3 Å². The number of ether oxygens (including phenoxy) is 1. The number of nitrogens with one attached hydrogen (secondary N) is 2. The number of carbonyl (C=O) groups excluding carboxylic acids is 1. The van der Waals surface area contributed by atoms with E-state index in [2.05, 4.69) is 5.32 Å². The lowest BCUT2D eigenvalue weighted by atomic mass is 10.2. The molecule has 0 unspecified atom stereocenters. The third-order valence-electron chi connectivity index (χ3n) is 1.94. The number of carbonyl (C=O) groups is 1. The maximum Gasteiger partial charge on any atom is 0.325 e. The molecule has 5 nitrogen and oxygen atoms in total. The van der Waals surface area contributed by atoms with E-state index in [1.165, 1.54) is 0 Å². The zero-order chi connectivity index (χ0) is 12.0. The molecule has 5 heteroatoms. The minimum atomic E-state index is -0.293. The van der Waals surface area contributed by atoms with Crippen LogP contribution < -0.4 is 11.1 Å². The normalized spacial score (nSPS) is 9.56. The average Bonchev–Trinajstić information content (AvgIpc) is 2.27. The van der Waals surface area contributed by atoms with Crippen molar-refractivity contribution in [1.29, 1.82) is 5.41 Å². The van der Waals surface area contributed by atoms with Crippen molar-refractivity contribution < 1.29 is 9.53 Å². The SMILES string of the molecule is CCOC(=O)CNc1ccc(C(=N)N)cc1. The zero-order valence-electron chi connectivity index (χ0n) is 9.12. The number of hydrogen-bond acceptors (Lipinski definition) is 4. The van der Waals surface area contributed by atoms with Crippen LogP contribution in [0.15, 0.2) is 24.3 Å². The fraction of sp³-hybridized carbons (Fsp3) is 0.273. The molecular weight excluding hydrogens is 206 g/mol. The van der Waals surface area contributed by atoms with Gasteiger partial charge in [0.1, 0.15) is 12.4 Å². The third-order valence-corrected chi connectivity index (χ3v) is 1.94. The van der Waals surface area contributed by atoms with E-state index in [4.69, 9.17) is 15.9 Å². The topological polar surface area (TPSA) is 88.2 Å². The number of anilines is 1. The minimum Gasteiger partial charge on any atom is -0.465 e. The maximum absolute atomic E-state index is 11.1.